The van der Waals surface area contributed by atoms with E-state index < -0.39 is 0 Å². The van der Waals surface area contributed by atoms with Crippen molar-refractivity contribution in [2.24, 2.45) is 18.7 Å². The second kappa shape index (κ2) is 5.24. The number of nitrogens with one attached hydrogen (secondary N) is 1. The maximum atomic E-state index is 5.97. The van der Waals surface area contributed by atoms with Crippen LogP contribution in [0.1, 0.15) is 19.8 Å². The Morgan fingerprint density at radius 1 is 1.40 bits per heavy atom. The van der Waals surface area contributed by atoms with Gasteiger partial charge >= 0.3 is 0 Å². The maximum Gasteiger partial charge on any atom is 0.245 e. The van der Waals surface area contributed by atoms with E-state index in [-0.39, 0.29) is 6.04 Å². The predicted octanol–water partition coefficient (Wildman–Crippen LogP) is 0.769. The molecule has 1 unspecified atom stereocenters. The molecule has 20 heavy (non-hydrogen) atoms. The molecule has 7 nitrogen and oxygen atoms in total. The van der Waals surface area contributed by atoms with Crippen molar-refractivity contribution in [3.63, 3.8) is 0 Å². The molecule has 0 bridgehead atoms. The number of aromatic nitrogens is 5. The molecule has 108 valence electrons. The summed E-state index contributed by atoms with van der Waals surface area (Å²) in [5, 5.41) is 11.4. The molecule has 0 amide bonds. The molecule has 2 aromatic heterocycles. The highest BCUT2D eigenvalue weighted by molar-refractivity contribution is 5.53. The van der Waals surface area contributed by atoms with Crippen molar-refractivity contribution in [3.05, 3.63) is 12.4 Å². The van der Waals surface area contributed by atoms with Crippen molar-refractivity contribution < 1.29 is 0 Å². The molecule has 1 atom stereocenters. The zero-order valence-electron chi connectivity index (χ0n) is 12.0. The lowest BCUT2D eigenvalue weighted by Crippen LogP contribution is -2.40. The summed E-state index contributed by atoms with van der Waals surface area (Å²) in [6, 6.07) is 0.273. The van der Waals surface area contributed by atoms with Crippen LogP contribution in [0.3, 0.4) is 0 Å². The molecule has 0 spiro atoms. The smallest absolute Gasteiger partial charge is 0.245 e. The van der Waals surface area contributed by atoms with Crippen molar-refractivity contribution in [2.75, 3.05) is 18.0 Å². The molecule has 3 N–H and O–H groups in total. The first-order valence-electron chi connectivity index (χ1n) is 7.05. The van der Waals surface area contributed by atoms with Crippen LogP contribution >= 0.6 is 0 Å². The average molecular weight is 275 g/mol. The highest BCUT2D eigenvalue weighted by Gasteiger charge is 2.24. The number of hydrogen-bond acceptors (Lipinski definition) is 5. The van der Waals surface area contributed by atoms with Crippen LogP contribution in [-0.2, 0) is 7.05 Å². The number of hydrogen-bond donors (Lipinski definition) is 2. The van der Waals surface area contributed by atoms with Crippen LogP contribution in [0.2, 0.25) is 0 Å². The van der Waals surface area contributed by atoms with Crippen LogP contribution in [0.5, 0.6) is 0 Å². The van der Waals surface area contributed by atoms with E-state index in [2.05, 4.69) is 32.1 Å². The summed E-state index contributed by atoms with van der Waals surface area (Å²) in [7, 11) is 1.89. The SMILES string of the molecule is CC(N)C1CCN(c2n[nH]c(-c3cnn(C)c3)n2)CC1. The molecule has 3 rings (SSSR count). The summed E-state index contributed by atoms with van der Waals surface area (Å²) in [5.41, 5.74) is 6.92. The fraction of sp³-hybridized carbons (Fsp3) is 0.615. The first kappa shape index (κ1) is 13.1. The van der Waals surface area contributed by atoms with Crippen molar-refractivity contribution in [1.29, 1.82) is 0 Å². The summed E-state index contributed by atoms with van der Waals surface area (Å²) in [4.78, 5) is 6.78. The molecular formula is C13H21N7. The third-order valence-corrected chi connectivity index (χ3v) is 4.02. The maximum absolute atomic E-state index is 5.97. The number of aromatic amines is 1. The Labute approximate surface area is 118 Å². The minimum Gasteiger partial charge on any atom is -0.340 e. The van der Waals surface area contributed by atoms with Gasteiger partial charge in [0.15, 0.2) is 5.82 Å². The van der Waals surface area contributed by atoms with Crippen molar-refractivity contribution >= 4 is 5.95 Å². The fourth-order valence-corrected chi connectivity index (χ4v) is 2.69. The first-order chi connectivity index (χ1) is 9.63. The molecule has 7 heteroatoms. The summed E-state index contributed by atoms with van der Waals surface area (Å²) in [6.07, 6.45) is 5.92. The quantitative estimate of drug-likeness (QED) is 0.863. The van der Waals surface area contributed by atoms with E-state index in [1.165, 1.54) is 0 Å². The summed E-state index contributed by atoms with van der Waals surface area (Å²) < 4.78 is 1.76. The molecule has 0 aromatic carbocycles. The van der Waals surface area contributed by atoms with E-state index in [0.29, 0.717) is 5.92 Å². The zero-order valence-corrected chi connectivity index (χ0v) is 12.0. The van der Waals surface area contributed by atoms with E-state index in [9.17, 15) is 0 Å². The van der Waals surface area contributed by atoms with E-state index in [1.54, 1.807) is 10.9 Å². The standard InChI is InChI=1S/C13H21N7/c1-9(14)10-3-5-20(6-4-10)13-16-12(17-18-13)11-7-15-19(2)8-11/h7-10H,3-6,14H2,1-2H3,(H,16,17,18). The summed E-state index contributed by atoms with van der Waals surface area (Å²) in [6.45, 7) is 4.03. The second-order valence-corrected chi connectivity index (χ2v) is 5.57. The van der Waals surface area contributed by atoms with Crippen LogP contribution in [-0.4, -0.2) is 44.1 Å². The average Bonchev–Trinajstić information content (AvgIpc) is 3.07. The monoisotopic (exact) mass is 275 g/mol. The minimum atomic E-state index is 0.273. The molecule has 0 radical (unpaired) electrons. The Bertz CT molecular complexity index is 563. The number of anilines is 1. The second-order valence-electron chi connectivity index (χ2n) is 5.57. The Morgan fingerprint density at radius 2 is 2.15 bits per heavy atom. The molecule has 1 fully saturated rings. The van der Waals surface area contributed by atoms with E-state index in [1.807, 2.05) is 13.2 Å². The Kier molecular flexibility index (Phi) is 3.43. The topological polar surface area (TPSA) is 88.6 Å². The molecule has 2 aromatic rings. The molecular weight excluding hydrogens is 254 g/mol. The molecule has 0 saturated carbocycles. The molecule has 3 heterocycles. The van der Waals surface area contributed by atoms with E-state index >= 15 is 0 Å². The van der Waals surface area contributed by atoms with Gasteiger partial charge in [0, 0.05) is 32.4 Å². The van der Waals surface area contributed by atoms with Crippen molar-refractivity contribution in [1.82, 2.24) is 25.0 Å². The number of piperidine rings is 1. The molecule has 1 aliphatic rings. The Balaban J connectivity index is 1.69. The highest BCUT2D eigenvalue weighted by atomic mass is 15.4. The van der Waals surface area contributed by atoms with Crippen LogP contribution in [0, 0.1) is 5.92 Å². The molecule has 1 aliphatic heterocycles. The van der Waals surface area contributed by atoms with Crippen LogP contribution in [0.15, 0.2) is 12.4 Å². The van der Waals surface area contributed by atoms with Crippen LogP contribution < -0.4 is 10.6 Å². The number of aryl methyl sites for hydroxylation is 1. The number of nitrogens with zero attached hydrogens (tertiary/aromatic N) is 5. The number of rotatable bonds is 3. The predicted molar refractivity (Wildman–Crippen MR) is 77.2 cm³/mol. The van der Waals surface area contributed by atoms with E-state index in [0.717, 1.165) is 43.3 Å². The van der Waals surface area contributed by atoms with Crippen molar-refractivity contribution in [3.8, 4) is 11.4 Å². The van der Waals surface area contributed by atoms with Crippen LogP contribution in [0.25, 0.3) is 11.4 Å². The Hall–Kier alpha value is -1.89. The lowest BCUT2D eigenvalue weighted by molar-refractivity contribution is 0.352. The van der Waals surface area contributed by atoms with Gasteiger partial charge in [0.1, 0.15) is 0 Å². The van der Waals surface area contributed by atoms with Gasteiger partial charge in [-0.15, -0.1) is 5.10 Å². The van der Waals surface area contributed by atoms with Crippen LogP contribution in [0.4, 0.5) is 5.95 Å². The normalized spacial score (nSPS) is 18.4. The zero-order chi connectivity index (χ0) is 14.1. The van der Waals surface area contributed by atoms with Gasteiger partial charge in [-0.2, -0.15) is 10.1 Å². The van der Waals surface area contributed by atoms with Crippen molar-refractivity contribution in [2.45, 2.75) is 25.8 Å². The number of nitrogens with two attached hydrogens (primary N) is 1. The molecule has 0 aliphatic carbocycles. The lowest BCUT2D eigenvalue weighted by atomic mass is 9.91. The van der Waals surface area contributed by atoms with Gasteiger partial charge in [-0.05, 0) is 25.7 Å². The summed E-state index contributed by atoms with van der Waals surface area (Å²) >= 11 is 0. The highest BCUT2D eigenvalue weighted by Crippen LogP contribution is 2.23. The molecule has 1 saturated heterocycles. The third kappa shape index (κ3) is 2.53. The lowest BCUT2D eigenvalue weighted by Gasteiger charge is -2.32. The van der Waals surface area contributed by atoms with Gasteiger partial charge in [0.25, 0.3) is 0 Å². The van der Waals surface area contributed by atoms with Gasteiger partial charge in [-0.25, -0.2) is 0 Å². The van der Waals surface area contributed by atoms with Gasteiger partial charge in [-0.1, -0.05) is 0 Å². The van der Waals surface area contributed by atoms with Gasteiger partial charge in [-0.3, -0.25) is 9.78 Å². The van der Waals surface area contributed by atoms with Gasteiger partial charge in [0.2, 0.25) is 5.95 Å². The third-order valence-electron chi connectivity index (χ3n) is 4.02. The fourth-order valence-electron chi connectivity index (χ4n) is 2.69. The first-order valence-corrected chi connectivity index (χ1v) is 7.05. The summed E-state index contributed by atoms with van der Waals surface area (Å²) in [5.74, 6) is 2.15. The number of H-pyrrole nitrogens is 1. The van der Waals surface area contributed by atoms with Gasteiger partial charge in [0.05, 0.1) is 11.8 Å². The Morgan fingerprint density at radius 3 is 2.75 bits per heavy atom. The van der Waals surface area contributed by atoms with E-state index in [4.69, 9.17) is 5.73 Å². The largest absolute Gasteiger partial charge is 0.340 e. The van der Waals surface area contributed by atoms with Gasteiger partial charge < -0.3 is 10.6 Å². The minimum absolute atomic E-state index is 0.273.